The van der Waals surface area contributed by atoms with Crippen LogP contribution >= 0.6 is 34.5 Å². The van der Waals surface area contributed by atoms with Crippen molar-refractivity contribution in [2.24, 2.45) is 4.99 Å². The van der Waals surface area contributed by atoms with Crippen LogP contribution < -0.4 is 24.4 Å². The minimum atomic E-state index is -0.799. The number of ether oxygens (including phenoxy) is 3. The lowest BCUT2D eigenvalue weighted by Gasteiger charge is -2.25. The smallest absolute Gasteiger partial charge is 0.338 e. The summed E-state index contributed by atoms with van der Waals surface area (Å²) in [6, 6.07) is 19.2. The summed E-state index contributed by atoms with van der Waals surface area (Å²) in [4.78, 5) is 32.2. The van der Waals surface area contributed by atoms with Gasteiger partial charge in [0.2, 0.25) is 0 Å². The average Bonchev–Trinajstić information content (AvgIpc) is 3.26. The lowest BCUT2D eigenvalue weighted by Crippen LogP contribution is -2.40. The Morgan fingerprint density at radius 1 is 1.07 bits per heavy atom. The molecule has 2 heterocycles. The van der Waals surface area contributed by atoms with Crippen LogP contribution in [0.1, 0.15) is 36.6 Å². The summed E-state index contributed by atoms with van der Waals surface area (Å²) in [6.45, 7) is 3.92. The van der Waals surface area contributed by atoms with Crippen molar-refractivity contribution in [2.75, 3.05) is 13.7 Å². The zero-order valence-corrected chi connectivity index (χ0v) is 24.8. The maximum absolute atomic E-state index is 14.0. The minimum Gasteiger partial charge on any atom is -0.493 e. The van der Waals surface area contributed by atoms with E-state index in [1.165, 1.54) is 15.9 Å². The molecule has 0 N–H and O–H groups in total. The van der Waals surface area contributed by atoms with Crippen LogP contribution in [0.2, 0.25) is 10.0 Å². The van der Waals surface area contributed by atoms with Crippen LogP contribution in [-0.2, 0) is 16.1 Å². The van der Waals surface area contributed by atoms with Gasteiger partial charge >= 0.3 is 5.97 Å². The van der Waals surface area contributed by atoms with Crippen LogP contribution in [0.4, 0.5) is 0 Å². The summed E-state index contributed by atoms with van der Waals surface area (Å²) in [5.41, 5.74) is 2.60. The van der Waals surface area contributed by atoms with E-state index in [-0.39, 0.29) is 24.3 Å². The Balaban J connectivity index is 1.64. The molecule has 0 aliphatic carbocycles. The molecule has 0 saturated heterocycles. The second kappa shape index (κ2) is 12.3. The second-order valence-corrected chi connectivity index (χ2v) is 11.0. The maximum atomic E-state index is 14.0. The molecule has 0 saturated carbocycles. The van der Waals surface area contributed by atoms with E-state index in [0.29, 0.717) is 47.7 Å². The molecular weight excluding hydrogens is 583 g/mol. The topological polar surface area (TPSA) is 79.1 Å². The Bertz CT molecular complexity index is 1830. The fraction of sp³-hybridized carbons (Fsp3) is 0.194. The van der Waals surface area contributed by atoms with Crippen LogP contribution in [0.5, 0.6) is 11.5 Å². The van der Waals surface area contributed by atoms with Crippen molar-refractivity contribution in [1.29, 1.82) is 0 Å². The molecule has 1 aliphatic rings. The Kier molecular flexibility index (Phi) is 8.63. The monoisotopic (exact) mass is 608 g/mol. The van der Waals surface area contributed by atoms with Crippen molar-refractivity contribution >= 4 is 46.6 Å². The molecule has 210 valence electrons. The van der Waals surface area contributed by atoms with Gasteiger partial charge in [0.25, 0.3) is 5.56 Å². The standard InChI is InChI=1S/C31H26Cl2N2O5S/c1-4-39-30(37)26-18(2)34-31-35(27(26)22-9-5-6-10-23(22)33)29(36)25(41-31)16-20-8-7-11-24(38-3)28(20)40-17-19-12-14-21(32)15-13-19/h5-16,27H,4,17H2,1-3H3/b25-16-/t27-/m1/s1. The highest BCUT2D eigenvalue weighted by molar-refractivity contribution is 7.07. The van der Waals surface area contributed by atoms with E-state index in [1.807, 2.05) is 30.3 Å². The highest BCUT2D eigenvalue weighted by Crippen LogP contribution is 2.35. The molecule has 0 radical (unpaired) electrons. The van der Waals surface area contributed by atoms with Crippen LogP contribution in [-0.4, -0.2) is 24.3 Å². The van der Waals surface area contributed by atoms with Gasteiger partial charge in [0.1, 0.15) is 12.6 Å². The summed E-state index contributed by atoms with van der Waals surface area (Å²) in [6.07, 6.45) is 1.75. The summed E-state index contributed by atoms with van der Waals surface area (Å²) in [5, 5.41) is 1.06. The molecule has 1 aromatic heterocycles. The van der Waals surface area contributed by atoms with E-state index in [2.05, 4.69) is 4.99 Å². The number of allylic oxidation sites excluding steroid dienone is 1. The normalized spacial score (nSPS) is 14.9. The van der Waals surface area contributed by atoms with Gasteiger partial charge in [-0.05, 0) is 55.3 Å². The first kappa shape index (κ1) is 28.7. The van der Waals surface area contributed by atoms with Crippen molar-refractivity contribution in [2.45, 2.75) is 26.5 Å². The number of halogens is 2. The molecule has 3 aromatic carbocycles. The number of rotatable bonds is 8. The highest BCUT2D eigenvalue weighted by atomic mass is 35.5. The molecule has 0 unspecified atom stereocenters. The van der Waals surface area contributed by atoms with Crippen molar-refractivity contribution in [3.63, 3.8) is 0 Å². The van der Waals surface area contributed by atoms with Crippen LogP contribution in [0.25, 0.3) is 6.08 Å². The maximum Gasteiger partial charge on any atom is 0.338 e. The predicted molar refractivity (Wildman–Crippen MR) is 161 cm³/mol. The van der Waals surface area contributed by atoms with Gasteiger partial charge in [-0.1, -0.05) is 77.0 Å². The van der Waals surface area contributed by atoms with E-state index < -0.39 is 12.0 Å². The highest BCUT2D eigenvalue weighted by Gasteiger charge is 2.34. The van der Waals surface area contributed by atoms with E-state index in [9.17, 15) is 9.59 Å². The molecule has 4 aromatic rings. The molecule has 0 bridgehead atoms. The molecular formula is C31H26Cl2N2O5S. The minimum absolute atomic E-state index is 0.184. The first-order valence-electron chi connectivity index (χ1n) is 12.8. The number of hydrogen-bond donors (Lipinski definition) is 0. The largest absolute Gasteiger partial charge is 0.493 e. The summed E-state index contributed by atoms with van der Waals surface area (Å²) >= 11 is 13.8. The third-order valence-electron chi connectivity index (χ3n) is 6.53. The molecule has 0 amide bonds. The third kappa shape index (κ3) is 5.81. The fourth-order valence-electron chi connectivity index (χ4n) is 4.62. The van der Waals surface area contributed by atoms with Crippen LogP contribution in [0, 0.1) is 0 Å². The van der Waals surface area contributed by atoms with Gasteiger partial charge in [-0.2, -0.15) is 0 Å². The van der Waals surface area contributed by atoms with Gasteiger partial charge in [-0.25, -0.2) is 9.79 Å². The number of thiazole rings is 1. The van der Waals surface area contributed by atoms with Gasteiger partial charge in [0, 0.05) is 15.6 Å². The lowest BCUT2D eigenvalue weighted by atomic mass is 9.96. The number of esters is 1. The van der Waals surface area contributed by atoms with Gasteiger partial charge in [-0.15, -0.1) is 0 Å². The van der Waals surface area contributed by atoms with Crippen molar-refractivity contribution in [3.05, 3.63) is 124 Å². The predicted octanol–water partition coefficient (Wildman–Crippen LogP) is 5.69. The Labute approximate surface area is 250 Å². The van der Waals surface area contributed by atoms with Crippen LogP contribution in [0.15, 0.2) is 87.8 Å². The Morgan fingerprint density at radius 3 is 2.54 bits per heavy atom. The number of benzene rings is 3. The summed E-state index contributed by atoms with van der Waals surface area (Å²) in [7, 11) is 1.56. The molecule has 0 spiro atoms. The summed E-state index contributed by atoms with van der Waals surface area (Å²) < 4.78 is 19.0. The van der Waals surface area contributed by atoms with E-state index in [1.54, 1.807) is 63.4 Å². The Hall–Kier alpha value is -3.85. The number of methoxy groups -OCH3 is 1. The van der Waals surface area contributed by atoms with Gasteiger partial charge in [0.05, 0.1) is 29.5 Å². The van der Waals surface area contributed by atoms with Crippen molar-refractivity contribution < 1.29 is 19.0 Å². The zero-order valence-electron chi connectivity index (χ0n) is 22.5. The molecule has 0 fully saturated rings. The average molecular weight is 610 g/mol. The van der Waals surface area contributed by atoms with Gasteiger partial charge in [0.15, 0.2) is 16.3 Å². The molecule has 1 atom stereocenters. The molecule has 10 heteroatoms. The molecule has 5 rings (SSSR count). The van der Waals surface area contributed by atoms with Crippen molar-refractivity contribution in [3.8, 4) is 11.5 Å². The number of aromatic nitrogens is 1. The number of carbonyl (C=O) groups is 1. The molecule has 41 heavy (non-hydrogen) atoms. The van der Waals surface area contributed by atoms with E-state index in [4.69, 9.17) is 37.4 Å². The number of nitrogens with zero attached hydrogens (tertiary/aromatic N) is 2. The van der Waals surface area contributed by atoms with Crippen molar-refractivity contribution in [1.82, 2.24) is 4.57 Å². The second-order valence-electron chi connectivity index (χ2n) is 9.12. The third-order valence-corrected chi connectivity index (χ3v) is 8.11. The van der Waals surface area contributed by atoms with Gasteiger partial charge < -0.3 is 14.2 Å². The molecule has 7 nitrogen and oxygen atoms in total. The SMILES string of the molecule is CCOC(=O)C1=C(C)N=c2s/c(=C\c3cccc(OC)c3OCc3ccc(Cl)cc3)c(=O)n2[C@@H]1c1ccccc1Cl. The van der Waals surface area contributed by atoms with Gasteiger partial charge in [-0.3, -0.25) is 9.36 Å². The summed E-state index contributed by atoms with van der Waals surface area (Å²) in [5.74, 6) is 0.468. The number of carbonyl (C=O) groups excluding carboxylic acids is 1. The fourth-order valence-corrected chi connectivity index (χ4v) is 6.02. The van der Waals surface area contributed by atoms with E-state index >= 15 is 0 Å². The number of para-hydroxylation sites is 1. The number of fused-ring (bicyclic) bond motifs is 1. The number of hydrogen-bond acceptors (Lipinski definition) is 7. The van der Waals surface area contributed by atoms with E-state index in [0.717, 1.165) is 5.56 Å². The van der Waals surface area contributed by atoms with Crippen LogP contribution in [0.3, 0.4) is 0 Å². The lowest BCUT2D eigenvalue weighted by molar-refractivity contribution is -0.139. The quantitative estimate of drug-likeness (QED) is 0.240. The molecule has 1 aliphatic heterocycles. The zero-order chi connectivity index (χ0) is 29.1. The first-order chi connectivity index (χ1) is 19.8. The Morgan fingerprint density at radius 2 is 1.83 bits per heavy atom. The first-order valence-corrected chi connectivity index (χ1v) is 14.4.